The molecule has 1 aliphatic rings. The molecule has 27 heavy (non-hydrogen) atoms. The summed E-state index contributed by atoms with van der Waals surface area (Å²) in [6.07, 6.45) is 0.545. The number of halogens is 1. The van der Waals surface area contributed by atoms with Crippen LogP contribution in [0, 0.1) is 19.7 Å². The molecule has 3 rings (SSSR count). The Morgan fingerprint density at radius 1 is 1.07 bits per heavy atom. The predicted molar refractivity (Wildman–Crippen MR) is 112 cm³/mol. The van der Waals surface area contributed by atoms with Gasteiger partial charge >= 0.3 is 0 Å². The standard InChI is InChI=1S/C22H27FN2OS/c1-17-6-7-18(2)21(14-17)24-9-11-25(12-10-24)22(26)8-13-27-16-19-4-3-5-20(23)15-19/h3-7,14-15H,8-13,16H2,1-2H3. The average molecular weight is 387 g/mol. The first-order chi connectivity index (χ1) is 13.0. The summed E-state index contributed by atoms with van der Waals surface area (Å²) < 4.78 is 13.2. The lowest BCUT2D eigenvalue weighted by atomic mass is 10.1. The van der Waals surface area contributed by atoms with Crippen molar-refractivity contribution in [3.05, 3.63) is 65.0 Å². The molecule has 1 saturated heterocycles. The maximum absolute atomic E-state index is 13.2. The Morgan fingerprint density at radius 2 is 1.85 bits per heavy atom. The molecule has 1 fully saturated rings. The highest BCUT2D eigenvalue weighted by atomic mass is 32.2. The summed E-state index contributed by atoms with van der Waals surface area (Å²) in [5.74, 6) is 1.53. The number of piperazine rings is 1. The molecule has 144 valence electrons. The van der Waals surface area contributed by atoms with Crippen molar-refractivity contribution in [1.29, 1.82) is 0 Å². The van der Waals surface area contributed by atoms with Crippen LogP contribution in [0.1, 0.15) is 23.1 Å². The maximum Gasteiger partial charge on any atom is 0.223 e. The van der Waals surface area contributed by atoms with Gasteiger partial charge in [-0.3, -0.25) is 4.79 Å². The van der Waals surface area contributed by atoms with Crippen molar-refractivity contribution in [2.45, 2.75) is 26.0 Å². The second kappa shape index (κ2) is 9.27. The molecular weight excluding hydrogens is 359 g/mol. The first-order valence-electron chi connectivity index (χ1n) is 9.45. The number of nitrogens with zero attached hydrogens (tertiary/aromatic N) is 2. The number of amides is 1. The number of rotatable bonds is 6. The van der Waals surface area contributed by atoms with E-state index in [1.165, 1.54) is 22.9 Å². The summed E-state index contributed by atoms with van der Waals surface area (Å²) in [4.78, 5) is 16.8. The van der Waals surface area contributed by atoms with Crippen LogP contribution in [-0.2, 0) is 10.5 Å². The van der Waals surface area contributed by atoms with Crippen LogP contribution in [0.15, 0.2) is 42.5 Å². The number of benzene rings is 2. The fourth-order valence-corrected chi connectivity index (χ4v) is 4.27. The molecule has 0 aliphatic carbocycles. The third kappa shape index (κ3) is 5.48. The van der Waals surface area contributed by atoms with Crippen molar-refractivity contribution in [1.82, 2.24) is 4.90 Å². The molecule has 0 unspecified atom stereocenters. The summed E-state index contributed by atoms with van der Waals surface area (Å²) in [6, 6.07) is 13.2. The monoisotopic (exact) mass is 386 g/mol. The van der Waals surface area contributed by atoms with E-state index in [2.05, 4.69) is 36.9 Å². The van der Waals surface area contributed by atoms with E-state index in [1.807, 2.05) is 11.0 Å². The Bertz CT molecular complexity index is 788. The van der Waals surface area contributed by atoms with E-state index in [9.17, 15) is 9.18 Å². The Morgan fingerprint density at radius 3 is 2.59 bits per heavy atom. The first-order valence-corrected chi connectivity index (χ1v) is 10.6. The molecule has 1 heterocycles. The SMILES string of the molecule is Cc1ccc(C)c(N2CCN(C(=O)CCSCc3cccc(F)c3)CC2)c1. The lowest BCUT2D eigenvalue weighted by Gasteiger charge is -2.37. The van der Waals surface area contributed by atoms with E-state index in [0.717, 1.165) is 43.2 Å². The van der Waals surface area contributed by atoms with E-state index in [0.29, 0.717) is 6.42 Å². The fourth-order valence-electron chi connectivity index (χ4n) is 3.39. The predicted octanol–water partition coefficient (Wildman–Crippen LogP) is 4.41. The summed E-state index contributed by atoms with van der Waals surface area (Å²) >= 11 is 1.68. The van der Waals surface area contributed by atoms with E-state index >= 15 is 0 Å². The molecule has 2 aromatic rings. The van der Waals surface area contributed by atoms with Crippen molar-refractivity contribution in [3.8, 4) is 0 Å². The van der Waals surface area contributed by atoms with Crippen molar-refractivity contribution in [2.24, 2.45) is 0 Å². The minimum Gasteiger partial charge on any atom is -0.368 e. The zero-order valence-electron chi connectivity index (χ0n) is 16.1. The Hall–Kier alpha value is -2.01. The largest absolute Gasteiger partial charge is 0.368 e. The van der Waals surface area contributed by atoms with Crippen LogP contribution in [0.2, 0.25) is 0 Å². The van der Waals surface area contributed by atoms with Crippen LogP contribution in [-0.4, -0.2) is 42.7 Å². The molecule has 1 amide bonds. The highest BCUT2D eigenvalue weighted by Gasteiger charge is 2.21. The normalized spacial score (nSPS) is 14.5. The smallest absolute Gasteiger partial charge is 0.223 e. The number of thioether (sulfide) groups is 1. The lowest BCUT2D eigenvalue weighted by molar-refractivity contribution is -0.131. The van der Waals surface area contributed by atoms with Crippen LogP contribution >= 0.6 is 11.8 Å². The molecule has 0 spiro atoms. The van der Waals surface area contributed by atoms with E-state index in [1.54, 1.807) is 23.9 Å². The van der Waals surface area contributed by atoms with Gasteiger partial charge in [0.05, 0.1) is 0 Å². The molecule has 2 aromatic carbocycles. The summed E-state index contributed by atoms with van der Waals surface area (Å²) in [6.45, 7) is 7.58. The second-order valence-corrected chi connectivity index (χ2v) is 8.20. The Balaban J connectivity index is 1.41. The molecule has 1 aliphatic heterocycles. The van der Waals surface area contributed by atoms with Crippen LogP contribution in [0.3, 0.4) is 0 Å². The molecule has 0 atom stereocenters. The van der Waals surface area contributed by atoms with Gasteiger partial charge in [-0.1, -0.05) is 24.3 Å². The molecule has 5 heteroatoms. The van der Waals surface area contributed by atoms with Gasteiger partial charge in [0.1, 0.15) is 5.82 Å². The molecule has 0 saturated carbocycles. The van der Waals surface area contributed by atoms with E-state index in [-0.39, 0.29) is 11.7 Å². The Kier molecular flexibility index (Phi) is 6.78. The second-order valence-electron chi connectivity index (χ2n) is 7.09. The van der Waals surface area contributed by atoms with Gasteiger partial charge in [0.15, 0.2) is 0 Å². The van der Waals surface area contributed by atoms with Gasteiger partial charge in [0.25, 0.3) is 0 Å². The number of hydrogen-bond acceptors (Lipinski definition) is 3. The third-order valence-electron chi connectivity index (χ3n) is 4.96. The fraction of sp³-hybridized carbons (Fsp3) is 0.409. The van der Waals surface area contributed by atoms with Gasteiger partial charge in [0, 0.05) is 49.8 Å². The summed E-state index contributed by atoms with van der Waals surface area (Å²) in [5.41, 5.74) is 4.81. The number of carbonyl (C=O) groups excluding carboxylic acids is 1. The number of aryl methyl sites for hydroxylation is 2. The molecule has 0 radical (unpaired) electrons. The minimum absolute atomic E-state index is 0.203. The van der Waals surface area contributed by atoms with E-state index < -0.39 is 0 Å². The number of carbonyl (C=O) groups is 1. The summed E-state index contributed by atoms with van der Waals surface area (Å²) in [7, 11) is 0. The topological polar surface area (TPSA) is 23.6 Å². The van der Waals surface area contributed by atoms with Crippen molar-refractivity contribution in [3.63, 3.8) is 0 Å². The minimum atomic E-state index is -0.203. The van der Waals surface area contributed by atoms with Gasteiger partial charge in [-0.05, 0) is 48.7 Å². The van der Waals surface area contributed by atoms with Crippen molar-refractivity contribution < 1.29 is 9.18 Å². The third-order valence-corrected chi connectivity index (χ3v) is 5.99. The van der Waals surface area contributed by atoms with E-state index in [4.69, 9.17) is 0 Å². The van der Waals surface area contributed by atoms with Crippen LogP contribution in [0.4, 0.5) is 10.1 Å². The molecular formula is C22H27FN2OS. The van der Waals surface area contributed by atoms with Gasteiger partial charge in [0.2, 0.25) is 5.91 Å². The molecule has 0 bridgehead atoms. The zero-order chi connectivity index (χ0) is 19.2. The van der Waals surface area contributed by atoms with Gasteiger partial charge < -0.3 is 9.80 Å². The number of hydrogen-bond donors (Lipinski definition) is 0. The van der Waals surface area contributed by atoms with Crippen LogP contribution in [0.5, 0.6) is 0 Å². The Labute approximate surface area is 165 Å². The van der Waals surface area contributed by atoms with Crippen molar-refractivity contribution >= 4 is 23.4 Å². The molecule has 3 nitrogen and oxygen atoms in total. The van der Waals surface area contributed by atoms with Gasteiger partial charge in [-0.25, -0.2) is 4.39 Å². The van der Waals surface area contributed by atoms with Gasteiger partial charge in [-0.2, -0.15) is 11.8 Å². The zero-order valence-corrected chi connectivity index (χ0v) is 16.9. The quantitative estimate of drug-likeness (QED) is 0.687. The van der Waals surface area contributed by atoms with Crippen LogP contribution < -0.4 is 4.90 Å². The van der Waals surface area contributed by atoms with Crippen molar-refractivity contribution in [2.75, 3.05) is 36.8 Å². The summed E-state index contributed by atoms with van der Waals surface area (Å²) in [5, 5.41) is 0. The van der Waals surface area contributed by atoms with Crippen LogP contribution in [0.25, 0.3) is 0 Å². The average Bonchev–Trinajstić information content (AvgIpc) is 2.67. The molecule has 0 aromatic heterocycles. The number of anilines is 1. The van der Waals surface area contributed by atoms with Gasteiger partial charge in [-0.15, -0.1) is 0 Å². The maximum atomic E-state index is 13.2. The highest BCUT2D eigenvalue weighted by molar-refractivity contribution is 7.98. The highest BCUT2D eigenvalue weighted by Crippen LogP contribution is 2.23. The lowest BCUT2D eigenvalue weighted by Crippen LogP contribution is -2.49. The first kappa shape index (κ1) is 19.7. The molecule has 0 N–H and O–H groups in total.